The van der Waals surface area contributed by atoms with Crippen LogP contribution in [0.1, 0.15) is 34.9 Å². The van der Waals surface area contributed by atoms with E-state index in [1.807, 2.05) is 18.2 Å². The van der Waals surface area contributed by atoms with Gasteiger partial charge in [-0.25, -0.2) is 4.98 Å². The molecule has 0 aliphatic heterocycles. The van der Waals surface area contributed by atoms with E-state index >= 15 is 0 Å². The molecule has 4 heteroatoms. The Morgan fingerprint density at radius 1 is 1.22 bits per heavy atom. The zero-order chi connectivity index (χ0) is 15.8. The molecule has 0 fully saturated rings. The molecule has 2 aromatic heterocycles. The first-order valence-electron chi connectivity index (χ1n) is 7.86. The van der Waals surface area contributed by atoms with Gasteiger partial charge in [0.05, 0.1) is 5.69 Å². The average Bonchev–Trinajstić information content (AvgIpc) is 2.98. The summed E-state index contributed by atoms with van der Waals surface area (Å²) in [6.07, 6.45) is 4.75. The van der Waals surface area contributed by atoms with Crippen LogP contribution in [0, 0.1) is 6.92 Å². The molecule has 116 valence electrons. The summed E-state index contributed by atoms with van der Waals surface area (Å²) in [5.74, 6) is 2.14. The Kier molecular flexibility index (Phi) is 3.77. The molecular weight excluding hydrogens is 352 g/mol. The summed E-state index contributed by atoms with van der Waals surface area (Å²) in [7, 11) is 0. The lowest BCUT2D eigenvalue weighted by Crippen LogP contribution is -2.12. The number of aryl methyl sites for hydroxylation is 2. The second kappa shape index (κ2) is 5.93. The molecule has 1 aliphatic carbocycles. The van der Waals surface area contributed by atoms with Crippen molar-refractivity contribution < 1.29 is 4.42 Å². The predicted octanol–water partition coefficient (Wildman–Crippen LogP) is 5.08. The summed E-state index contributed by atoms with van der Waals surface area (Å²) < 4.78 is 7.16. The molecule has 0 bridgehead atoms. The van der Waals surface area contributed by atoms with Gasteiger partial charge in [0.15, 0.2) is 0 Å². The lowest BCUT2D eigenvalue weighted by Gasteiger charge is -2.21. The highest BCUT2D eigenvalue weighted by Gasteiger charge is 2.26. The van der Waals surface area contributed by atoms with Gasteiger partial charge >= 0.3 is 0 Å². The van der Waals surface area contributed by atoms with E-state index in [9.17, 15) is 0 Å². The third kappa shape index (κ3) is 2.95. The van der Waals surface area contributed by atoms with Crippen LogP contribution in [-0.2, 0) is 12.8 Å². The van der Waals surface area contributed by atoms with E-state index < -0.39 is 0 Å². The third-order valence-electron chi connectivity index (χ3n) is 4.36. The van der Waals surface area contributed by atoms with Gasteiger partial charge < -0.3 is 4.42 Å². The third-order valence-corrected chi connectivity index (χ3v) is 4.82. The number of benzene rings is 1. The number of hydrogen-bond donors (Lipinski definition) is 0. The van der Waals surface area contributed by atoms with Crippen molar-refractivity contribution in [2.24, 2.45) is 0 Å². The molecule has 1 atom stereocenters. The first-order valence-corrected chi connectivity index (χ1v) is 8.65. The summed E-state index contributed by atoms with van der Waals surface area (Å²) in [6, 6.07) is 12.4. The smallest absolute Gasteiger partial charge is 0.245 e. The first-order chi connectivity index (χ1) is 11.2. The van der Waals surface area contributed by atoms with Crippen molar-refractivity contribution in [3.8, 4) is 11.6 Å². The van der Waals surface area contributed by atoms with Gasteiger partial charge in [0.1, 0.15) is 11.5 Å². The maximum Gasteiger partial charge on any atom is 0.245 e. The lowest BCUT2D eigenvalue weighted by atomic mass is 9.84. The van der Waals surface area contributed by atoms with Crippen LogP contribution in [0.15, 0.2) is 51.5 Å². The number of nitrogens with zero attached hydrogens (tertiary/aromatic N) is 2. The molecule has 2 heterocycles. The van der Waals surface area contributed by atoms with Crippen LogP contribution < -0.4 is 0 Å². The van der Waals surface area contributed by atoms with Crippen molar-refractivity contribution >= 4 is 15.9 Å². The monoisotopic (exact) mass is 368 g/mol. The topological polar surface area (TPSA) is 38.9 Å². The van der Waals surface area contributed by atoms with Gasteiger partial charge in [0, 0.05) is 17.1 Å². The number of rotatable bonds is 2. The number of oxazole rings is 1. The van der Waals surface area contributed by atoms with Crippen molar-refractivity contribution in [2.45, 2.75) is 32.1 Å². The average molecular weight is 369 g/mol. The minimum atomic E-state index is 0.489. The number of aromatic nitrogens is 2. The van der Waals surface area contributed by atoms with Crippen molar-refractivity contribution in [3.05, 3.63) is 69.6 Å². The van der Waals surface area contributed by atoms with Crippen molar-refractivity contribution in [2.75, 3.05) is 0 Å². The first kappa shape index (κ1) is 14.6. The molecule has 0 saturated heterocycles. The lowest BCUT2D eigenvalue weighted by molar-refractivity contribution is 0.457. The van der Waals surface area contributed by atoms with Crippen LogP contribution in [0.3, 0.4) is 0 Å². The van der Waals surface area contributed by atoms with Gasteiger partial charge in [-0.15, -0.1) is 0 Å². The maximum atomic E-state index is 6.02. The highest BCUT2D eigenvalue weighted by atomic mass is 79.9. The predicted molar refractivity (Wildman–Crippen MR) is 93.4 cm³/mol. The normalized spacial score (nSPS) is 17.0. The molecule has 1 unspecified atom stereocenters. The zero-order valence-electron chi connectivity index (χ0n) is 12.9. The summed E-state index contributed by atoms with van der Waals surface area (Å²) in [6.45, 7) is 2.14. The minimum absolute atomic E-state index is 0.489. The molecule has 0 N–H and O–H groups in total. The molecule has 4 rings (SSSR count). The summed E-state index contributed by atoms with van der Waals surface area (Å²) in [4.78, 5) is 8.98. The minimum Gasteiger partial charge on any atom is -0.440 e. The molecule has 3 aromatic rings. The molecule has 0 radical (unpaired) electrons. The fourth-order valence-corrected chi connectivity index (χ4v) is 3.88. The summed E-state index contributed by atoms with van der Waals surface area (Å²) >= 11 is 3.60. The van der Waals surface area contributed by atoms with Crippen LogP contribution in [0.25, 0.3) is 11.6 Å². The molecule has 0 saturated carbocycles. The van der Waals surface area contributed by atoms with Gasteiger partial charge in [-0.05, 0) is 61.1 Å². The number of halogens is 1. The van der Waals surface area contributed by atoms with Crippen molar-refractivity contribution in [1.29, 1.82) is 0 Å². The number of fused-ring (bicyclic) bond motifs is 1. The summed E-state index contributed by atoms with van der Waals surface area (Å²) in [5, 5.41) is 0. The molecule has 1 aliphatic rings. The molecule has 0 amide bonds. The van der Waals surface area contributed by atoms with E-state index in [0.717, 1.165) is 40.9 Å². The Morgan fingerprint density at radius 3 is 2.91 bits per heavy atom. The Balaban J connectivity index is 1.63. The SMILES string of the molecule is Cc1cc(Br)cc(C2CCc3nc(-c4ccccn4)oc3C2)c1. The largest absolute Gasteiger partial charge is 0.440 e. The highest BCUT2D eigenvalue weighted by molar-refractivity contribution is 9.10. The molecule has 23 heavy (non-hydrogen) atoms. The molecule has 1 aromatic carbocycles. The fraction of sp³-hybridized carbons (Fsp3) is 0.263. The van der Waals surface area contributed by atoms with Gasteiger partial charge in [-0.3, -0.25) is 4.98 Å². The van der Waals surface area contributed by atoms with Crippen LogP contribution in [-0.4, -0.2) is 9.97 Å². The second-order valence-corrected chi connectivity index (χ2v) is 7.02. The molecule has 3 nitrogen and oxygen atoms in total. The number of hydrogen-bond acceptors (Lipinski definition) is 3. The van der Waals surface area contributed by atoms with Crippen LogP contribution >= 0.6 is 15.9 Å². The van der Waals surface area contributed by atoms with Crippen LogP contribution in [0.4, 0.5) is 0 Å². The fourth-order valence-electron chi connectivity index (χ4n) is 3.26. The standard InChI is InChI=1S/C19H17BrN2O/c1-12-8-14(10-15(20)9-12)13-5-6-16-18(11-13)23-19(22-16)17-4-2-3-7-21-17/h2-4,7-10,13H,5-6,11H2,1H3. The Labute approximate surface area is 143 Å². The van der Waals surface area contributed by atoms with Gasteiger partial charge in [-0.1, -0.05) is 28.1 Å². The van der Waals surface area contributed by atoms with Gasteiger partial charge in [-0.2, -0.15) is 0 Å². The van der Waals surface area contributed by atoms with E-state index in [0.29, 0.717) is 11.8 Å². The van der Waals surface area contributed by atoms with E-state index in [4.69, 9.17) is 4.42 Å². The van der Waals surface area contributed by atoms with Crippen LogP contribution in [0.5, 0.6) is 0 Å². The Hall–Kier alpha value is -1.94. The molecule has 0 spiro atoms. The molecular formula is C19H17BrN2O. The Bertz CT molecular complexity index is 822. The van der Waals surface area contributed by atoms with Gasteiger partial charge in [0.25, 0.3) is 0 Å². The zero-order valence-corrected chi connectivity index (χ0v) is 14.5. The quantitative estimate of drug-likeness (QED) is 0.632. The van der Waals surface area contributed by atoms with Crippen molar-refractivity contribution in [3.63, 3.8) is 0 Å². The van der Waals surface area contributed by atoms with Gasteiger partial charge in [0.2, 0.25) is 5.89 Å². The van der Waals surface area contributed by atoms with E-state index in [1.165, 1.54) is 11.1 Å². The van der Waals surface area contributed by atoms with Crippen LogP contribution in [0.2, 0.25) is 0 Å². The second-order valence-electron chi connectivity index (χ2n) is 6.11. The maximum absolute atomic E-state index is 6.02. The van der Waals surface area contributed by atoms with E-state index in [2.05, 4.69) is 51.0 Å². The van der Waals surface area contributed by atoms with E-state index in [-0.39, 0.29) is 0 Å². The highest BCUT2D eigenvalue weighted by Crippen LogP contribution is 2.35. The van der Waals surface area contributed by atoms with E-state index in [1.54, 1.807) is 6.20 Å². The summed E-state index contributed by atoms with van der Waals surface area (Å²) in [5.41, 5.74) is 4.55. The number of pyridine rings is 1. The van der Waals surface area contributed by atoms with Crippen molar-refractivity contribution in [1.82, 2.24) is 9.97 Å². The Morgan fingerprint density at radius 2 is 2.13 bits per heavy atom.